The second-order valence-electron chi connectivity index (χ2n) is 8.94. The van der Waals surface area contributed by atoms with Crippen LogP contribution in [-0.2, 0) is 0 Å². The third-order valence-electron chi connectivity index (χ3n) is 7.92. The number of allylic oxidation sites excluding steroid dienone is 3. The van der Waals surface area contributed by atoms with E-state index >= 15 is 0 Å². The zero-order chi connectivity index (χ0) is 17.1. The molecule has 0 aromatic carbocycles. The van der Waals surface area contributed by atoms with Gasteiger partial charge in [-0.25, -0.2) is 4.39 Å². The van der Waals surface area contributed by atoms with Crippen LogP contribution in [0.5, 0.6) is 0 Å². The second kappa shape index (κ2) is 5.65. The lowest BCUT2D eigenvalue weighted by Gasteiger charge is -2.55. The quantitative estimate of drug-likeness (QED) is 0.680. The first-order valence-corrected chi connectivity index (χ1v) is 9.47. The van der Waals surface area contributed by atoms with Crippen molar-refractivity contribution in [3.8, 4) is 0 Å². The minimum Gasteiger partial charge on any atom is -0.393 e. The molecule has 0 aromatic rings. The van der Waals surface area contributed by atoms with E-state index in [-0.39, 0.29) is 23.0 Å². The van der Waals surface area contributed by atoms with Crippen LogP contribution in [0.3, 0.4) is 0 Å². The molecule has 0 unspecified atom stereocenters. The molecule has 0 amide bonds. The van der Waals surface area contributed by atoms with Crippen LogP contribution in [-0.4, -0.2) is 35.3 Å². The van der Waals surface area contributed by atoms with E-state index in [0.717, 1.165) is 32.1 Å². The Morgan fingerprint density at radius 2 is 1.96 bits per heavy atom. The Balaban J connectivity index is 1.68. The van der Waals surface area contributed by atoms with Crippen molar-refractivity contribution in [1.29, 1.82) is 0 Å². The minimum atomic E-state index is -0.586. The van der Waals surface area contributed by atoms with Gasteiger partial charge in [-0.15, -0.1) is 0 Å². The molecule has 0 saturated heterocycles. The van der Waals surface area contributed by atoms with Crippen molar-refractivity contribution in [1.82, 2.24) is 5.32 Å². The van der Waals surface area contributed by atoms with E-state index in [1.165, 1.54) is 11.1 Å². The summed E-state index contributed by atoms with van der Waals surface area (Å²) in [4.78, 5) is 0. The van der Waals surface area contributed by atoms with Gasteiger partial charge in [0.1, 0.15) is 6.80 Å². The molecule has 3 saturated carbocycles. The Morgan fingerprint density at radius 1 is 1.17 bits per heavy atom. The van der Waals surface area contributed by atoms with Crippen molar-refractivity contribution in [3.63, 3.8) is 0 Å². The SMILES string of the molecule is C[C@]12CC[C@H]3C(=CC=C4C[C@@H](O)[C@H](NCF)C[C@@]43C)[C@@H]1CC[C@@H]2O. The molecule has 0 aromatic heterocycles. The lowest BCUT2D eigenvalue weighted by atomic mass is 9.50. The van der Waals surface area contributed by atoms with E-state index < -0.39 is 12.9 Å². The monoisotopic (exact) mass is 335 g/mol. The molecule has 0 spiro atoms. The first kappa shape index (κ1) is 16.7. The van der Waals surface area contributed by atoms with Gasteiger partial charge in [0.25, 0.3) is 0 Å². The van der Waals surface area contributed by atoms with Crippen LogP contribution in [0.4, 0.5) is 4.39 Å². The highest BCUT2D eigenvalue weighted by Crippen LogP contribution is 2.63. The van der Waals surface area contributed by atoms with Crippen molar-refractivity contribution >= 4 is 0 Å². The summed E-state index contributed by atoms with van der Waals surface area (Å²) < 4.78 is 12.8. The van der Waals surface area contributed by atoms with Crippen molar-refractivity contribution in [2.45, 2.75) is 70.6 Å². The molecule has 4 aliphatic rings. The van der Waals surface area contributed by atoms with Gasteiger partial charge in [0.2, 0.25) is 0 Å². The largest absolute Gasteiger partial charge is 0.393 e. The Kier molecular flexibility index (Phi) is 3.94. The van der Waals surface area contributed by atoms with Gasteiger partial charge in [-0.05, 0) is 55.8 Å². The topological polar surface area (TPSA) is 52.5 Å². The summed E-state index contributed by atoms with van der Waals surface area (Å²) in [6, 6.07) is -0.168. The molecule has 0 radical (unpaired) electrons. The minimum absolute atomic E-state index is 0.00498. The Bertz CT molecular complexity index is 588. The number of halogens is 1. The van der Waals surface area contributed by atoms with Crippen molar-refractivity contribution in [2.75, 3.05) is 6.80 Å². The standard InChI is InChI=1S/C20H30FNO2/c1-19-8-7-15-13(14(19)5-6-18(19)24)4-3-12-9-17(23)16(22-11-21)10-20(12,15)2/h3-4,14-18,22-24H,5-11H2,1-2H3/t14-,15-,16+,17+,18-,19-,20-/m0/s1. The average molecular weight is 335 g/mol. The number of hydrogen-bond acceptors (Lipinski definition) is 3. The van der Waals surface area contributed by atoms with Crippen LogP contribution in [0.25, 0.3) is 0 Å². The Labute approximate surface area is 144 Å². The number of rotatable bonds is 2. The van der Waals surface area contributed by atoms with Gasteiger partial charge in [0.05, 0.1) is 12.2 Å². The smallest absolute Gasteiger partial charge is 0.140 e. The van der Waals surface area contributed by atoms with Gasteiger partial charge in [-0.2, -0.15) is 0 Å². The van der Waals surface area contributed by atoms with Crippen LogP contribution in [0.2, 0.25) is 0 Å². The molecule has 7 atom stereocenters. The van der Waals surface area contributed by atoms with E-state index in [9.17, 15) is 14.6 Å². The van der Waals surface area contributed by atoms with E-state index in [0.29, 0.717) is 18.3 Å². The number of hydrogen-bond donors (Lipinski definition) is 3. The molecular formula is C20H30FNO2. The fourth-order valence-corrected chi connectivity index (χ4v) is 6.34. The summed E-state index contributed by atoms with van der Waals surface area (Å²) >= 11 is 0. The summed E-state index contributed by atoms with van der Waals surface area (Å²) in [7, 11) is 0. The number of aliphatic hydroxyl groups is 2. The molecule has 0 aliphatic heterocycles. The fraction of sp³-hybridized carbons (Fsp3) is 0.800. The molecule has 0 bridgehead atoms. The van der Waals surface area contributed by atoms with Crippen LogP contribution in [0, 0.1) is 22.7 Å². The normalized spacial score (nSPS) is 50.5. The maximum absolute atomic E-state index is 12.8. The van der Waals surface area contributed by atoms with Crippen LogP contribution in [0.1, 0.15) is 52.4 Å². The first-order valence-electron chi connectivity index (χ1n) is 9.47. The molecule has 3 nitrogen and oxygen atoms in total. The number of nitrogens with one attached hydrogen (secondary N) is 1. The summed E-state index contributed by atoms with van der Waals surface area (Å²) in [5.41, 5.74) is 2.85. The Morgan fingerprint density at radius 3 is 2.71 bits per heavy atom. The van der Waals surface area contributed by atoms with Gasteiger partial charge in [-0.1, -0.05) is 37.1 Å². The summed E-state index contributed by atoms with van der Waals surface area (Å²) in [5.74, 6) is 0.942. The molecule has 4 aliphatic carbocycles. The molecule has 4 rings (SSSR count). The summed E-state index contributed by atoms with van der Waals surface area (Å²) in [6.45, 7) is 3.98. The summed E-state index contributed by atoms with van der Waals surface area (Å²) in [6.07, 6.45) is 9.38. The highest BCUT2D eigenvalue weighted by atomic mass is 19.1. The predicted molar refractivity (Wildman–Crippen MR) is 92.0 cm³/mol. The first-order chi connectivity index (χ1) is 11.4. The van der Waals surface area contributed by atoms with E-state index in [1.54, 1.807) is 0 Å². The maximum atomic E-state index is 12.8. The molecule has 24 heavy (non-hydrogen) atoms. The van der Waals surface area contributed by atoms with Crippen molar-refractivity contribution in [3.05, 3.63) is 23.3 Å². The maximum Gasteiger partial charge on any atom is 0.140 e. The molecule has 3 N–H and O–H groups in total. The fourth-order valence-electron chi connectivity index (χ4n) is 6.34. The van der Waals surface area contributed by atoms with Crippen LogP contribution < -0.4 is 5.32 Å². The molecule has 134 valence electrons. The lowest BCUT2D eigenvalue weighted by Crippen LogP contribution is -2.53. The highest BCUT2D eigenvalue weighted by molar-refractivity contribution is 5.39. The zero-order valence-corrected chi connectivity index (χ0v) is 14.8. The van der Waals surface area contributed by atoms with Crippen LogP contribution >= 0.6 is 0 Å². The number of fused-ring (bicyclic) bond motifs is 5. The van der Waals surface area contributed by atoms with E-state index in [2.05, 4.69) is 31.3 Å². The van der Waals surface area contributed by atoms with Gasteiger partial charge in [0.15, 0.2) is 0 Å². The second-order valence-corrected chi connectivity index (χ2v) is 8.94. The molecule has 4 heteroatoms. The highest BCUT2D eigenvalue weighted by Gasteiger charge is 2.56. The number of aliphatic hydroxyl groups excluding tert-OH is 2. The summed E-state index contributed by atoms with van der Waals surface area (Å²) in [5, 5.41) is 23.7. The third kappa shape index (κ3) is 2.19. The molecular weight excluding hydrogens is 305 g/mol. The van der Waals surface area contributed by atoms with E-state index in [4.69, 9.17) is 0 Å². The van der Waals surface area contributed by atoms with Crippen LogP contribution in [0.15, 0.2) is 23.3 Å². The third-order valence-corrected chi connectivity index (χ3v) is 7.92. The number of alkyl halides is 1. The molecule has 3 fully saturated rings. The van der Waals surface area contributed by atoms with Crippen molar-refractivity contribution < 1.29 is 14.6 Å². The van der Waals surface area contributed by atoms with Gasteiger partial charge in [-0.3, -0.25) is 5.32 Å². The van der Waals surface area contributed by atoms with Gasteiger partial charge >= 0.3 is 0 Å². The lowest BCUT2D eigenvalue weighted by molar-refractivity contribution is -0.00569. The van der Waals surface area contributed by atoms with Crippen molar-refractivity contribution in [2.24, 2.45) is 22.7 Å². The Hall–Kier alpha value is -0.710. The van der Waals surface area contributed by atoms with Gasteiger partial charge < -0.3 is 10.2 Å². The van der Waals surface area contributed by atoms with E-state index in [1.807, 2.05) is 0 Å². The zero-order valence-electron chi connectivity index (χ0n) is 14.8. The predicted octanol–water partition coefficient (Wildman–Crippen LogP) is 3.09. The molecule has 0 heterocycles. The van der Waals surface area contributed by atoms with Gasteiger partial charge in [0, 0.05) is 11.5 Å². The average Bonchev–Trinajstić information content (AvgIpc) is 2.85.